The van der Waals surface area contributed by atoms with Crippen molar-refractivity contribution in [1.29, 1.82) is 0 Å². The molecule has 6 nitrogen and oxygen atoms in total. The first-order valence-electron chi connectivity index (χ1n) is 5.92. The summed E-state index contributed by atoms with van der Waals surface area (Å²) in [6.07, 6.45) is 2.59. The number of nitrogens with zero attached hydrogens (tertiary/aromatic N) is 4. The van der Waals surface area contributed by atoms with E-state index in [1.165, 1.54) is 0 Å². The van der Waals surface area contributed by atoms with Crippen molar-refractivity contribution in [2.75, 3.05) is 19.0 Å². The molecule has 6 heteroatoms. The van der Waals surface area contributed by atoms with Crippen LogP contribution >= 0.6 is 0 Å². The monoisotopic (exact) mass is 247 g/mol. The molecule has 1 aromatic carbocycles. The van der Waals surface area contributed by atoms with Gasteiger partial charge in [0.1, 0.15) is 6.33 Å². The zero-order valence-corrected chi connectivity index (χ0v) is 10.6. The third-order valence-corrected chi connectivity index (χ3v) is 2.71. The van der Waals surface area contributed by atoms with Gasteiger partial charge < -0.3 is 10.1 Å². The summed E-state index contributed by atoms with van der Waals surface area (Å²) >= 11 is 0. The summed E-state index contributed by atoms with van der Waals surface area (Å²) in [5, 5.41) is 14.5. The van der Waals surface area contributed by atoms with Crippen LogP contribution in [0.4, 0.5) is 5.69 Å². The van der Waals surface area contributed by atoms with Crippen molar-refractivity contribution in [1.82, 2.24) is 20.2 Å². The van der Waals surface area contributed by atoms with E-state index in [0.717, 1.165) is 17.8 Å². The summed E-state index contributed by atoms with van der Waals surface area (Å²) < 4.78 is 6.78. The average molecular weight is 247 g/mol. The Labute approximate surface area is 106 Å². The molecule has 1 heterocycles. The minimum absolute atomic E-state index is 0.328. The fourth-order valence-corrected chi connectivity index (χ4v) is 1.69. The van der Waals surface area contributed by atoms with Gasteiger partial charge in [-0.15, -0.1) is 5.10 Å². The van der Waals surface area contributed by atoms with Gasteiger partial charge >= 0.3 is 0 Å². The van der Waals surface area contributed by atoms with Crippen LogP contribution in [-0.4, -0.2) is 40.0 Å². The van der Waals surface area contributed by atoms with Crippen LogP contribution in [0.1, 0.15) is 13.3 Å². The molecular formula is C12H17N5O. The van der Waals surface area contributed by atoms with Crippen molar-refractivity contribution < 1.29 is 4.74 Å². The third-order valence-electron chi connectivity index (χ3n) is 2.71. The van der Waals surface area contributed by atoms with Crippen LogP contribution in [-0.2, 0) is 4.74 Å². The van der Waals surface area contributed by atoms with Crippen LogP contribution < -0.4 is 5.32 Å². The Morgan fingerprint density at radius 2 is 2.11 bits per heavy atom. The number of hydrogen-bond acceptors (Lipinski definition) is 5. The molecule has 1 unspecified atom stereocenters. The number of methoxy groups -OCH3 is 1. The molecule has 96 valence electrons. The molecule has 0 aliphatic carbocycles. The number of nitrogens with one attached hydrogen (secondary N) is 1. The first kappa shape index (κ1) is 12.5. The van der Waals surface area contributed by atoms with Gasteiger partial charge in [0, 0.05) is 18.8 Å². The Morgan fingerprint density at radius 1 is 1.33 bits per heavy atom. The van der Waals surface area contributed by atoms with Crippen LogP contribution in [0.25, 0.3) is 5.69 Å². The maximum Gasteiger partial charge on any atom is 0.143 e. The number of tetrazole rings is 1. The standard InChI is InChI=1S/C12H17N5O/c1-3-10(8-18-2)14-11-4-6-12(7-5-11)17-9-13-15-16-17/h4-7,9-10,14H,3,8H2,1-2H3. The molecule has 18 heavy (non-hydrogen) atoms. The SMILES string of the molecule is CCC(COC)Nc1ccc(-n2cnnn2)cc1. The molecule has 0 fully saturated rings. The molecule has 0 saturated carbocycles. The van der Waals surface area contributed by atoms with E-state index in [0.29, 0.717) is 12.6 Å². The first-order chi connectivity index (χ1) is 8.83. The molecule has 1 aromatic heterocycles. The number of ether oxygens (including phenoxy) is 1. The van der Waals surface area contributed by atoms with Crippen molar-refractivity contribution in [2.24, 2.45) is 0 Å². The Bertz CT molecular complexity index is 454. The lowest BCUT2D eigenvalue weighted by atomic mass is 10.2. The van der Waals surface area contributed by atoms with Gasteiger partial charge in [-0.3, -0.25) is 0 Å². The predicted molar refractivity (Wildman–Crippen MR) is 68.7 cm³/mol. The minimum atomic E-state index is 0.328. The van der Waals surface area contributed by atoms with E-state index < -0.39 is 0 Å². The normalized spacial score (nSPS) is 12.3. The Balaban J connectivity index is 2.03. The third kappa shape index (κ3) is 3.04. The summed E-state index contributed by atoms with van der Waals surface area (Å²) in [5.74, 6) is 0. The molecule has 2 rings (SSSR count). The summed E-state index contributed by atoms with van der Waals surface area (Å²) in [6.45, 7) is 2.83. The number of hydrogen-bond donors (Lipinski definition) is 1. The highest BCUT2D eigenvalue weighted by Crippen LogP contribution is 2.13. The Kier molecular flexibility index (Phi) is 4.25. The van der Waals surface area contributed by atoms with E-state index in [1.807, 2.05) is 24.3 Å². The summed E-state index contributed by atoms with van der Waals surface area (Å²) in [7, 11) is 1.71. The van der Waals surface area contributed by atoms with E-state index in [1.54, 1.807) is 18.1 Å². The number of benzene rings is 1. The van der Waals surface area contributed by atoms with Gasteiger partial charge in [-0.2, -0.15) is 0 Å². The lowest BCUT2D eigenvalue weighted by Crippen LogP contribution is -2.23. The van der Waals surface area contributed by atoms with Gasteiger partial charge in [0.15, 0.2) is 0 Å². The topological polar surface area (TPSA) is 64.9 Å². The van der Waals surface area contributed by atoms with Gasteiger partial charge in [-0.25, -0.2) is 4.68 Å². The highest BCUT2D eigenvalue weighted by molar-refractivity contribution is 5.48. The second-order valence-corrected chi connectivity index (χ2v) is 4.01. The molecule has 0 bridgehead atoms. The van der Waals surface area contributed by atoms with E-state index in [-0.39, 0.29) is 0 Å². The molecule has 0 aliphatic rings. The molecule has 0 saturated heterocycles. The fraction of sp³-hybridized carbons (Fsp3) is 0.417. The lowest BCUT2D eigenvalue weighted by molar-refractivity contribution is 0.184. The second kappa shape index (κ2) is 6.11. The molecule has 0 radical (unpaired) electrons. The van der Waals surface area contributed by atoms with Crippen molar-refractivity contribution in [3.05, 3.63) is 30.6 Å². The molecule has 1 atom stereocenters. The van der Waals surface area contributed by atoms with Crippen molar-refractivity contribution in [3.8, 4) is 5.69 Å². The summed E-state index contributed by atoms with van der Waals surface area (Å²) in [4.78, 5) is 0. The van der Waals surface area contributed by atoms with Crippen molar-refractivity contribution in [3.63, 3.8) is 0 Å². The van der Waals surface area contributed by atoms with Crippen molar-refractivity contribution in [2.45, 2.75) is 19.4 Å². The largest absolute Gasteiger partial charge is 0.383 e. The summed E-state index contributed by atoms with van der Waals surface area (Å²) in [5.41, 5.74) is 2.00. The molecule has 0 aliphatic heterocycles. The second-order valence-electron chi connectivity index (χ2n) is 4.01. The van der Waals surface area contributed by atoms with Gasteiger partial charge in [-0.05, 0) is 41.1 Å². The van der Waals surface area contributed by atoms with Crippen LogP contribution in [0.3, 0.4) is 0 Å². The Hall–Kier alpha value is -1.95. The van der Waals surface area contributed by atoms with Crippen LogP contribution in [0.2, 0.25) is 0 Å². The molecule has 2 aromatic rings. The smallest absolute Gasteiger partial charge is 0.143 e. The highest BCUT2D eigenvalue weighted by atomic mass is 16.5. The lowest BCUT2D eigenvalue weighted by Gasteiger charge is -2.17. The maximum atomic E-state index is 5.16. The minimum Gasteiger partial charge on any atom is -0.383 e. The quantitative estimate of drug-likeness (QED) is 0.838. The number of rotatable bonds is 6. The van der Waals surface area contributed by atoms with Gasteiger partial charge in [0.05, 0.1) is 12.3 Å². The van der Waals surface area contributed by atoms with E-state index in [4.69, 9.17) is 4.74 Å². The number of anilines is 1. The predicted octanol–water partition coefficient (Wildman–Crippen LogP) is 1.50. The van der Waals surface area contributed by atoms with Gasteiger partial charge in [0.25, 0.3) is 0 Å². The van der Waals surface area contributed by atoms with Gasteiger partial charge in [-0.1, -0.05) is 6.92 Å². The van der Waals surface area contributed by atoms with Crippen molar-refractivity contribution >= 4 is 5.69 Å². The zero-order valence-electron chi connectivity index (χ0n) is 10.6. The van der Waals surface area contributed by atoms with E-state index >= 15 is 0 Å². The first-order valence-corrected chi connectivity index (χ1v) is 5.92. The van der Waals surface area contributed by atoms with E-state index in [9.17, 15) is 0 Å². The molecule has 0 spiro atoms. The van der Waals surface area contributed by atoms with Crippen LogP contribution in [0.15, 0.2) is 30.6 Å². The maximum absolute atomic E-state index is 5.16. The highest BCUT2D eigenvalue weighted by Gasteiger charge is 2.05. The Morgan fingerprint density at radius 3 is 2.67 bits per heavy atom. The van der Waals surface area contributed by atoms with E-state index in [2.05, 4.69) is 27.8 Å². The molecule has 0 amide bonds. The zero-order chi connectivity index (χ0) is 12.8. The molecular weight excluding hydrogens is 230 g/mol. The molecule has 1 N–H and O–H groups in total. The average Bonchev–Trinajstić information content (AvgIpc) is 2.93. The van der Waals surface area contributed by atoms with Gasteiger partial charge in [0.2, 0.25) is 0 Å². The number of aromatic nitrogens is 4. The van der Waals surface area contributed by atoms with Crippen LogP contribution in [0, 0.1) is 0 Å². The summed E-state index contributed by atoms with van der Waals surface area (Å²) in [6, 6.07) is 8.29. The van der Waals surface area contributed by atoms with Crippen LogP contribution in [0.5, 0.6) is 0 Å². The fourth-order valence-electron chi connectivity index (χ4n) is 1.69.